The number of hydrogen-bond acceptors (Lipinski definition) is 5. The molecule has 0 aromatic heterocycles. The molecule has 0 amide bonds. The van der Waals surface area contributed by atoms with E-state index in [-0.39, 0.29) is 29.7 Å². The van der Waals surface area contributed by atoms with E-state index >= 15 is 0 Å². The van der Waals surface area contributed by atoms with Gasteiger partial charge in [-0.25, -0.2) is 4.39 Å². The van der Waals surface area contributed by atoms with Gasteiger partial charge in [0.15, 0.2) is 5.78 Å². The standard InChI is InChI=1S/C23H18BrFN2O3/c24-14-7-8-19(29-12-13-3-1-4-15(25)9-13)16(10-14)21-17(11-26)23(27)30-20-6-2-5-18(28)22(20)21/h1,3-4,7-10,21H,2,5-6,12,27H2/t21-/m0/s1. The van der Waals surface area contributed by atoms with Gasteiger partial charge in [-0.15, -0.1) is 0 Å². The van der Waals surface area contributed by atoms with E-state index in [0.29, 0.717) is 47.5 Å². The third-order valence-corrected chi connectivity index (χ3v) is 5.66. The zero-order valence-corrected chi connectivity index (χ0v) is 17.5. The van der Waals surface area contributed by atoms with E-state index in [9.17, 15) is 14.4 Å². The van der Waals surface area contributed by atoms with Crippen molar-refractivity contribution in [3.63, 3.8) is 0 Å². The van der Waals surface area contributed by atoms with Crippen LogP contribution in [0.3, 0.4) is 0 Å². The van der Waals surface area contributed by atoms with E-state index in [0.717, 1.165) is 4.47 Å². The van der Waals surface area contributed by atoms with E-state index in [2.05, 4.69) is 22.0 Å². The van der Waals surface area contributed by atoms with E-state index in [1.807, 2.05) is 6.07 Å². The summed E-state index contributed by atoms with van der Waals surface area (Å²) in [4.78, 5) is 12.8. The number of rotatable bonds is 4. The van der Waals surface area contributed by atoms with Crippen LogP contribution < -0.4 is 10.5 Å². The Bertz CT molecular complexity index is 1130. The van der Waals surface area contributed by atoms with Crippen LogP contribution in [0.4, 0.5) is 4.39 Å². The van der Waals surface area contributed by atoms with Gasteiger partial charge in [-0.3, -0.25) is 4.79 Å². The van der Waals surface area contributed by atoms with Crippen molar-refractivity contribution in [3.05, 3.63) is 86.7 Å². The van der Waals surface area contributed by atoms with Gasteiger partial charge in [0.25, 0.3) is 0 Å². The fourth-order valence-electron chi connectivity index (χ4n) is 3.83. The van der Waals surface area contributed by atoms with Crippen LogP contribution in [-0.4, -0.2) is 5.78 Å². The summed E-state index contributed by atoms with van der Waals surface area (Å²) < 4.78 is 25.9. The lowest BCUT2D eigenvalue weighted by atomic mass is 9.77. The van der Waals surface area contributed by atoms with Gasteiger partial charge in [-0.05, 0) is 42.3 Å². The van der Waals surface area contributed by atoms with Crippen LogP contribution in [0, 0.1) is 17.1 Å². The minimum absolute atomic E-state index is 0.00649. The number of benzene rings is 2. The fourth-order valence-corrected chi connectivity index (χ4v) is 4.21. The van der Waals surface area contributed by atoms with Crippen LogP contribution in [0.25, 0.3) is 0 Å². The van der Waals surface area contributed by atoms with Gasteiger partial charge in [0.05, 0.1) is 5.92 Å². The first kappa shape index (κ1) is 20.2. The molecule has 0 bridgehead atoms. The molecule has 5 nitrogen and oxygen atoms in total. The van der Waals surface area contributed by atoms with Gasteiger partial charge in [-0.2, -0.15) is 5.26 Å². The number of allylic oxidation sites excluding steroid dienone is 3. The molecule has 1 aliphatic heterocycles. The number of halogens is 2. The Morgan fingerprint density at radius 2 is 2.10 bits per heavy atom. The predicted molar refractivity (Wildman–Crippen MR) is 111 cm³/mol. The van der Waals surface area contributed by atoms with Crippen molar-refractivity contribution in [3.8, 4) is 11.8 Å². The summed E-state index contributed by atoms with van der Waals surface area (Å²) in [6.45, 7) is 0.135. The summed E-state index contributed by atoms with van der Waals surface area (Å²) >= 11 is 3.46. The Kier molecular flexibility index (Phi) is 5.60. The highest BCUT2D eigenvalue weighted by Gasteiger charge is 2.39. The molecule has 1 atom stereocenters. The number of carbonyl (C=O) groups is 1. The van der Waals surface area contributed by atoms with Crippen LogP contribution >= 0.6 is 15.9 Å². The van der Waals surface area contributed by atoms with Crippen LogP contribution in [0.5, 0.6) is 5.75 Å². The average Bonchev–Trinajstić information content (AvgIpc) is 2.72. The zero-order valence-electron chi connectivity index (χ0n) is 16.0. The molecule has 4 rings (SSSR count). The highest BCUT2D eigenvalue weighted by Crippen LogP contribution is 2.46. The molecule has 1 aliphatic carbocycles. The molecule has 0 unspecified atom stereocenters. The molecule has 0 radical (unpaired) electrons. The molecule has 2 aliphatic rings. The molecule has 7 heteroatoms. The van der Waals surface area contributed by atoms with Crippen molar-refractivity contribution in [2.45, 2.75) is 31.8 Å². The molecule has 30 heavy (non-hydrogen) atoms. The second kappa shape index (κ2) is 8.33. The van der Waals surface area contributed by atoms with Crippen molar-refractivity contribution in [2.75, 3.05) is 0 Å². The zero-order chi connectivity index (χ0) is 21.3. The molecule has 152 valence electrons. The third kappa shape index (κ3) is 3.83. The van der Waals surface area contributed by atoms with E-state index in [1.165, 1.54) is 12.1 Å². The van der Waals surface area contributed by atoms with E-state index < -0.39 is 5.92 Å². The Labute approximate surface area is 181 Å². The van der Waals surface area contributed by atoms with Gasteiger partial charge in [0, 0.05) is 28.5 Å². The topological polar surface area (TPSA) is 85.3 Å². The first-order valence-corrected chi connectivity index (χ1v) is 10.3. The summed E-state index contributed by atoms with van der Waals surface area (Å²) in [6, 6.07) is 13.6. The molecule has 2 aromatic rings. The summed E-state index contributed by atoms with van der Waals surface area (Å²) in [5.41, 5.74) is 7.97. The monoisotopic (exact) mass is 468 g/mol. The maximum atomic E-state index is 13.5. The molecule has 0 saturated carbocycles. The Balaban J connectivity index is 1.78. The minimum atomic E-state index is -0.674. The number of Topliss-reactive ketones (excluding diaryl/α,β-unsaturated/α-hetero) is 1. The smallest absolute Gasteiger partial charge is 0.205 e. The van der Waals surface area contributed by atoms with Crippen molar-refractivity contribution in [1.29, 1.82) is 5.26 Å². The third-order valence-electron chi connectivity index (χ3n) is 5.17. The van der Waals surface area contributed by atoms with Crippen molar-refractivity contribution < 1.29 is 18.7 Å². The van der Waals surface area contributed by atoms with E-state index in [4.69, 9.17) is 15.2 Å². The summed E-state index contributed by atoms with van der Waals surface area (Å²) in [5, 5.41) is 9.77. The summed E-state index contributed by atoms with van der Waals surface area (Å²) in [5.74, 6) is -0.0679. The lowest BCUT2D eigenvalue weighted by Crippen LogP contribution is -2.27. The van der Waals surface area contributed by atoms with Gasteiger partial charge in [0.2, 0.25) is 5.88 Å². The second-order valence-electron chi connectivity index (χ2n) is 7.14. The van der Waals surface area contributed by atoms with Gasteiger partial charge in [0.1, 0.15) is 35.6 Å². The van der Waals surface area contributed by atoms with Crippen molar-refractivity contribution >= 4 is 21.7 Å². The maximum Gasteiger partial charge on any atom is 0.205 e. The highest BCUT2D eigenvalue weighted by molar-refractivity contribution is 9.10. The van der Waals surface area contributed by atoms with Crippen molar-refractivity contribution in [1.82, 2.24) is 0 Å². The number of nitrogens with zero attached hydrogens (tertiary/aromatic N) is 1. The number of carbonyl (C=O) groups excluding carboxylic acids is 1. The first-order valence-electron chi connectivity index (χ1n) is 9.48. The second-order valence-corrected chi connectivity index (χ2v) is 8.05. The number of ether oxygens (including phenoxy) is 2. The molecule has 0 fully saturated rings. The molecular weight excluding hydrogens is 451 g/mol. The molecule has 0 spiro atoms. The molecule has 2 aromatic carbocycles. The number of nitrogens with two attached hydrogens (primary N) is 1. The minimum Gasteiger partial charge on any atom is -0.489 e. The van der Waals surface area contributed by atoms with Crippen molar-refractivity contribution in [2.24, 2.45) is 5.73 Å². The van der Waals surface area contributed by atoms with Gasteiger partial charge in [-0.1, -0.05) is 28.1 Å². The Hall–Kier alpha value is -3.11. The SMILES string of the molecule is N#CC1=C(N)OC2=C(C(=O)CCC2)[C@H]1c1cc(Br)ccc1OCc1cccc(F)c1. The maximum absolute atomic E-state index is 13.5. The molecular formula is C23H18BrFN2O3. The first-order chi connectivity index (χ1) is 14.5. The quantitative estimate of drug-likeness (QED) is 0.683. The predicted octanol–water partition coefficient (Wildman–Crippen LogP) is 4.98. The lowest BCUT2D eigenvalue weighted by molar-refractivity contribution is -0.116. The lowest BCUT2D eigenvalue weighted by Gasteiger charge is -2.31. The fraction of sp³-hybridized carbons (Fsp3) is 0.217. The summed E-state index contributed by atoms with van der Waals surface area (Å²) in [6.07, 6.45) is 1.66. The Morgan fingerprint density at radius 1 is 1.27 bits per heavy atom. The molecule has 1 heterocycles. The largest absolute Gasteiger partial charge is 0.489 e. The number of nitriles is 1. The Morgan fingerprint density at radius 3 is 2.87 bits per heavy atom. The van der Waals surface area contributed by atoms with Crippen LogP contribution in [0.2, 0.25) is 0 Å². The highest BCUT2D eigenvalue weighted by atomic mass is 79.9. The van der Waals surface area contributed by atoms with Crippen LogP contribution in [0.1, 0.15) is 36.3 Å². The average molecular weight is 469 g/mol. The molecule has 0 saturated heterocycles. The van der Waals surface area contributed by atoms with Gasteiger partial charge < -0.3 is 15.2 Å². The normalized spacial score (nSPS) is 18.6. The number of ketones is 1. The van der Waals surface area contributed by atoms with Gasteiger partial charge >= 0.3 is 0 Å². The van der Waals surface area contributed by atoms with Crippen LogP contribution in [0.15, 0.2) is 69.7 Å². The van der Waals surface area contributed by atoms with Crippen LogP contribution in [-0.2, 0) is 16.1 Å². The number of hydrogen-bond donors (Lipinski definition) is 1. The summed E-state index contributed by atoms with van der Waals surface area (Å²) in [7, 11) is 0. The van der Waals surface area contributed by atoms with E-state index in [1.54, 1.807) is 24.3 Å². The molecule has 2 N–H and O–H groups in total.